The summed E-state index contributed by atoms with van der Waals surface area (Å²) < 4.78 is 7.27. The number of ether oxygens (including phenoxy) is 1. The molecule has 0 bridgehead atoms. The standard InChI is InChI=1S/C28H28N2O3/c1-19(21-13-14-21)29(17-20-11-15-22(33-2)16-12-20)27(31)18-30-25-9-5-3-7-23(25)28(32)24-8-4-6-10-26(24)30/h3-12,15-16,19,21H,13-14,17-18H2,1-2H3. The summed E-state index contributed by atoms with van der Waals surface area (Å²) in [5.74, 6) is 1.41. The van der Waals surface area contributed by atoms with E-state index in [9.17, 15) is 9.59 Å². The molecule has 1 saturated carbocycles. The van der Waals surface area contributed by atoms with Gasteiger partial charge in [-0.25, -0.2) is 0 Å². The minimum atomic E-state index is 0.00587. The van der Waals surface area contributed by atoms with Gasteiger partial charge in [-0.2, -0.15) is 0 Å². The van der Waals surface area contributed by atoms with E-state index in [0.29, 0.717) is 23.2 Å². The Morgan fingerprint density at radius 3 is 2.09 bits per heavy atom. The number of carbonyl (C=O) groups is 1. The van der Waals surface area contributed by atoms with Crippen LogP contribution in [0.3, 0.4) is 0 Å². The van der Waals surface area contributed by atoms with Crippen molar-refractivity contribution in [1.29, 1.82) is 0 Å². The van der Waals surface area contributed by atoms with Gasteiger partial charge >= 0.3 is 0 Å². The fraction of sp³-hybridized carbons (Fsp3) is 0.286. The first kappa shape index (κ1) is 21.3. The van der Waals surface area contributed by atoms with Crippen LogP contribution < -0.4 is 10.2 Å². The summed E-state index contributed by atoms with van der Waals surface area (Å²) in [5, 5.41) is 1.28. The van der Waals surface area contributed by atoms with E-state index in [4.69, 9.17) is 4.74 Å². The third kappa shape index (κ3) is 4.11. The second-order valence-corrected chi connectivity index (χ2v) is 8.90. The lowest BCUT2D eigenvalue weighted by molar-refractivity contribution is -0.134. The number of hydrogen-bond acceptors (Lipinski definition) is 3. The highest BCUT2D eigenvalue weighted by Crippen LogP contribution is 2.36. The Labute approximate surface area is 193 Å². The molecule has 1 unspecified atom stereocenters. The van der Waals surface area contributed by atoms with Gasteiger partial charge in [0, 0.05) is 23.4 Å². The molecule has 168 valence electrons. The van der Waals surface area contributed by atoms with Crippen molar-refractivity contribution in [3.8, 4) is 5.75 Å². The molecule has 0 N–H and O–H groups in total. The molecular formula is C28H28N2O3. The molecule has 1 fully saturated rings. The van der Waals surface area contributed by atoms with Crippen molar-refractivity contribution in [1.82, 2.24) is 9.47 Å². The lowest BCUT2D eigenvalue weighted by Gasteiger charge is -2.30. The average Bonchev–Trinajstić information content (AvgIpc) is 3.70. The highest BCUT2D eigenvalue weighted by atomic mass is 16.5. The summed E-state index contributed by atoms with van der Waals surface area (Å²) in [5.41, 5.74) is 2.66. The topological polar surface area (TPSA) is 51.5 Å². The monoisotopic (exact) mass is 440 g/mol. The van der Waals surface area contributed by atoms with E-state index in [1.165, 1.54) is 0 Å². The minimum Gasteiger partial charge on any atom is -0.497 e. The van der Waals surface area contributed by atoms with E-state index in [0.717, 1.165) is 35.2 Å². The van der Waals surface area contributed by atoms with E-state index < -0.39 is 0 Å². The predicted octanol–water partition coefficient (Wildman–Crippen LogP) is 4.99. The van der Waals surface area contributed by atoms with Gasteiger partial charge in [-0.1, -0.05) is 36.4 Å². The Balaban J connectivity index is 1.54. The molecule has 0 radical (unpaired) electrons. The summed E-state index contributed by atoms with van der Waals surface area (Å²) in [6.07, 6.45) is 2.33. The van der Waals surface area contributed by atoms with Gasteiger partial charge in [0.05, 0.1) is 18.1 Å². The molecule has 5 rings (SSSR count). The van der Waals surface area contributed by atoms with Crippen molar-refractivity contribution in [3.05, 3.63) is 88.6 Å². The maximum Gasteiger partial charge on any atom is 0.243 e. The van der Waals surface area contributed by atoms with E-state index in [1.807, 2.05) is 82.3 Å². The Morgan fingerprint density at radius 2 is 1.55 bits per heavy atom. The number of para-hydroxylation sites is 2. The van der Waals surface area contributed by atoms with Crippen LogP contribution in [0, 0.1) is 5.92 Å². The Hall–Kier alpha value is -3.60. The highest BCUT2D eigenvalue weighted by Gasteiger charge is 2.34. The Kier molecular flexibility index (Phi) is 5.63. The lowest BCUT2D eigenvalue weighted by Crippen LogP contribution is -2.41. The molecule has 3 aromatic carbocycles. The van der Waals surface area contributed by atoms with Crippen LogP contribution in [0.1, 0.15) is 25.3 Å². The second kappa shape index (κ2) is 8.74. The molecular weight excluding hydrogens is 412 g/mol. The highest BCUT2D eigenvalue weighted by molar-refractivity contribution is 5.94. The first-order valence-corrected chi connectivity index (χ1v) is 11.5. The largest absolute Gasteiger partial charge is 0.497 e. The summed E-state index contributed by atoms with van der Waals surface area (Å²) in [4.78, 5) is 28.8. The van der Waals surface area contributed by atoms with Crippen molar-refractivity contribution < 1.29 is 9.53 Å². The van der Waals surface area contributed by atoms with Crippen molar-refractivity contribution >= 4 is 27.7 Å². The zero-order chi connectivity index (χ0) is 22.9. The molecule has 0 aliphatic heterocycles. The number of methoxy groups -OCH3 is 1. The van der Waals surface area contributed by atoms with Crippen molar-refractivity contribution in [2.75, 3.05) is 7.11 Å². The molecule has 1 atom stereocenters. The van der Waals surface area contributed by atoms with Crippen molar-refractivity contribution in [2.45, 2.75) is 38.9 Å². The van der Waals surface area contributed by atoms with Crippen LogP contribution in [-0.2, 0) is 17.9 Å². The Morgan fingerprint density at radius 1 is 0.970 bits per heavy atom. The van der Waals surface area contributed by atoms with Crippen LogP contribution in [-0.4, -0.2) is 28.5 Å². The molecule has 1 aromatic heterocycles. The fourth-order valence-corrected chi connectivity index (χ4v) is 4.69. The minimum absolute atomic E-state index is 0.00587. The summed E-state index contributed by atoms with van der Waals surface area (Å²) in [6, 6.07) is 23.2. The number of amides is 1. The van der Waals surface area contributed by atoms with Crippen LogP contribution in [0.4, 0.5) is 0 Å². The lowest BCUT2D eigenvalue weighted by atomic mass is 10.1. The smallest absolute Gasteiger partial charge is 0.243 e. The maximum absolute atomic E-state index is 13.8. The number of pyridine rings is 1. The molecule has 1 heterocycles. The average molecular weight is 441 g/mol. The summed E-state index contributed by atoms with van der Waals surface area (Å²) >= 11 is 0. The van der Waals surface area contributed by atoms with Gasteiger partial charge in [-0.15, -0.1) is 0 Å². The number of fused-ring (bicyclic) bond motifs is 2. The first-order valence-electron chi connectivity index (χ1n) is 11.5. The zero-order valence-corrected chi connectivity index (χ0v) is 19.0. The summed E-state index contributed by atoms with van der Waals surface area (Å²) in [6.45, 7) is 2.89. The number of hydrogen-bond donors (Lipinski definition) is 0. The number of nitrogens with zero attached hydrogens (tertiary/aromatic N) is 2. The van der Waals surface area contributed by atoms with Crippen LogP contribution in [0.25, 0.3) is 21.8 Å². The van der Waals surface area contributed by atoms with E-state index in [2.05, 4.69) is 6.92 Å². The summed E-state index contributed by atoms with van der Waals surface area (Å²) in [7, 11) is 1.65. The van der Waals surface area contributed by atoms with Gasteiger partial charge in [-0.3, -0.25) is 9.59 Å². The normalized spacial score (nSPS) is 14.4. The molecule has 5 heteroatoms. The van der Waals surface area contributed by atoms with Crippen LogP contribution in [0.2, 0.25) is 0 Å². The van der Waals surface area contributed by atoms with Gasteiger partial charge in [0.15, 0.2) is 5.43 Å². The van der Waals surface area contributed by atoms with Crippen LogP contribution in [0.5, 0.6) is 5.75 Å². The molecule has 5 nitrogen and oxygen atoms in total. The van der Waals surface area contributed by atoms with E-state index in [-0.39, 0.29) is 23.9 Å². The maximum atomic E-state index is 13.8. The fourth-order valence-electron chi connectivity index (χ4n) is 4.69. The van der Waals surface area contributed by atoms with Gasteiger partial charge in [0.1, 0.15) is 12.3 Å². The number of benzene rings is 3. The van der Waals surface area contributed by atoms with Crippen LogP contribution >= 0.6 is 0 Å². The van der Waals surface area contributed by atoms with Crippen LogP contribution in [0.15, 0.2) is 77.6 Å². The molecule has 1 aliphatic rings. The third-order valence-electron chi connectivity index (χ3n) is 6.80. The molecule has 0 spiro atoms. The molecule has 0 saturated heterocycles. The van der Waals surface area contributed by atoms with E-state index in [1.54, 1.807) is 7.11 Å². The number of carbonyl (C=O) groups excluding carboxylic acids is 1. The predicted molar refractivity (Wildman–Crippen MR) is 131 cm³/mol. The van der Waals surface area contributed by atoms with Gasteiger partial charge in [0.2, 0.25) is 5.91 Å². The number of rotatable bonds is 7. The number of aromatic nitrogens is 1. The Bertz CT molecular complexity index is 1310. The van der Waals surface area contributed by atoms with Gasteiger partial charge in [-0.05, 0) is 67.6 Å². The SMILES string of the molecule is COc1ccc(CN(C(=O)Cn2c3ccccc3c(=O)c3ccccc32)C(C)C2CC2)cc1. The molecule has 4 aromatic rings. The van der Waals surface area contributed by atoms with Gasteiger partial charge in [0.25, 0.3) is 0 Å². The van der Waals surface area contributed by atoms with E-state index >= 15 is 0 Å². The zero-order valence-electron chi connectivity index (χ0n) is 19.0. The second-order valence-electron chi connectivity index (χ2n) is 8.90. The molecule has 33 heavy (non-hydrogen) atoms. The quantitative estimate of drug-likeness (QED) is 0.381. The first-order chi connectivity index (χ1) is 16.1. The van der Waals surface area contributed by atoms with Crippen molar-refractivity contribution in [3.63, 3.8) is 0 Å². The van der Waals surface area contributed by atoms with Gasteiger partial charge < -0.3 is 14.2 Å². The van der Waals surface area contributed by atoms with Crippen molar-refractivity contribution in [2.24, 2.45) is 5.92 Å². The molecule has 1 amide bonds. The molecule has 1 aliphatic carbocycles. The third-order valence-corrected chi connectivity index (χ3v) is 6.80.